The molecule has 3 rings (SSSR count). The second-order valence-electron chi connectivity index (χ2n) is 7.36. The van der Waals surface area contributed by atoms with Gasteiger partial charge in [0.15, 0.2) is 6.61 Å². The number of rotatable bonds is 8. The Bertz CT molecular complexity index is 986. The van der Waals surface area contributed by atoms with Gasteiger partial charge in [-0.15, -0.1) is 0 Å². The number of aryl methyl sites for hydroxylation is 1. The number of anilines is 1. The van der Waals surface area contributed by atoms with Gasteiger partial charge < -0.3 is 19.9 Å². The van der Waals surface area contributed by atoms with Gasteiger partial charge >= 0.3 is 5.97 Å². The van der Waals surface area contributed by atoms with Crippen LogP contribution < -0.4 is 10.6 Å². The maximum absolute atomic E-state index is 12.1. The SMILES string of the molecule is CCNC(=O)c1cccc(NC(=O)COC(=O)/C=C/c2cc(C)n(C3CC3)c2C)c1. The fourth-order valence-electron chi connectivity index (χ4n) is 3.41. The zero-order valence-corrected chi connectivity index (χ0v) is 17.5. The standard InChI is InChI=1S/C23H27N3O4/c1-4-24-23(29)18-6-5-7-19(13-18)25-21(27)14-30-22(28)11-8-17-12-15(2)26(16(17)3)20-9-10-20/h5-8,11-13,20H,4,9-10,14H2,1-3H3,(H,24,29)(H,25,27)/b11-8+. The summed E-state index contributed by atoms with van der Waals surface area (Å²) in [5, 5.41) is 5.32. The van der Waals surface area contributed by atoms with Crippen LogP contribution in [0.15, 0.2) is 36.4 Å². The molecule has 7 heteroatoms. The van der Waals surface area contributed by atoms with E-state index in [2.05, 4.69) is 22.1 Å². The van der Waals surface area contributed by atoms with Gasteiger partial charge in [0.2, 0.25) is 0 Å². The minimum atomic E-state index is -0.586. The minimum Gasteiger partial charge on any atom is -0.452 e. The highest BCUT2D eigenvalue weighted by Gasteiger charge is 2.26. The summed E-state index contributed by atoms with van der Waals surface area (Å²) < 4.78 is 7.33. The summed E-state index contributed by atoms with van der Waals surface area (Å²) in [4.78, 5) is 35.9. The number of esters is 1. The molecule has 0 aliphatic heterocycles. The molecule has 1 heterocycles. The first-order chi connectivity index (χ1) is 14.4. The second-order valence-corrected chi connectivity index (χ2v) is 7.36. The summed E-state index contributed by atoms with van der Waals surface area (Å²) in [5.74, 6) is -1.28. The molecule has 2 aromatic rings. The smallest absolute Gasteiger partial charge is 0.331 e. The quantitative estimate of drug-likeness (QED) is 0.517. The van der Waals surface area contributed by atoms with Crippen LogP contribution in [0.3, 0.4) is 0 Å². The summed E-state index contributed by atoms with van der Waals surface area (Å²) >= 11 is 0. The molecule has 0 atom stereocenters. The van der Waals surface area contributed by atoms with Crippen LogP contribution in [0.2, 0.25) is 0 Å². The second kappa shape index (κ2) is 9.43. The van der Waals surface area contributed by atoms with Gasteiger partial charge in [-0.25, -0.2) is 4.79 Å². The first-order valence-corrected chi connectivity index (χ1v) is 10.1. The van der Waals surface area contributed by atoms with E-state index in [4.69, 9.17) is 4.74 Å². The molecule has 2 N–H and O–H groups in total. The van der Waals surface area contributed by atoms with Crippen LogP contribution in [0.25, 0.3) is 6.08 Å². The molecule has 0 radical (unpaired) electrons. The average molecular weight is 409 g/mol. The Morgan fingerprint density at radius 1 is 1.20 bits per heavy atom. The average Bonchev–Trinajstić information content (AvgIpc) is 3.50. The van der Waals surface area contributed by atoms with Crippen molar-refractivity contribution in [1.29, 1.82) is 0 Å². The van der Waals surface area contributed by atoms with Crippen molar-refractivity contribution >= 4 is 29.5 Å². The largest absolute Gasteiger partial charge is 0.452 e. The lowest BCUT2D eigenvalue weighted by Gasteiger charge is -2.08. The Hall–Kier alpha value is -3.35. The van der Waals surface area contributed by atoms with Gasteiger partial charge in [0.05, 0.1) is 0 Å². The predicted octanol–water partition coefficient (Wildman–Crippen LogP) is 3.38. The van der Waals surface area contributed by atoms with Crippen LogP contribution in [0.4, 0.5) is 5.69 Å². The number of amides is 2. The van der Waals surface area contributed by atoms with Crippen molar-refractivity contribution < 1.29 is 19.1 Å². The molecule has 1 fully saturated rings. The van der Waals surface area contributed by atoms with Gasteiger partial charge in [-0.1, -0.05) is 6.07 Å². The molecule has 0 bridgehead atoms. The van der Waals surface area contributed by atoms with Gasteiger partial charge in [-0.2, -0.15) is 0 Å². The lowest BCUT2D eigenvalue weighted by Crippen LogP contribution is -2.23. The lowest BCUT2D eigenvalue weighted by molar-refractivity contribution is -0.142. The van der Waals surface area contributed by atoms with Gasteiger partial charge in [0, 0.05) is 41.3 Å². The topological polar surface area (TPSA) is 89.4 Å². The number of hydrogen-bond donors (Lipinski definition) is 2. The third-order valence-electron chi connectivity index (χ3n) is 4.93. The number of aromatic nitrogens is 1. The van der Waals surface area contributed by atoms with Crippen LogP contribution in [0, 0.1) is 13.8 Å². The van der Waals surface area contributed by atoms with Crippen molar-refractivity contribution in [2.45, 2.75) is 39.7 Å². The zero-order chi connectivity index (χ0) is 21.7. The van der Waals surface area contributed by atoms with Crippen molar-refractivity contribution in [2.75, 3.05) is 18.5 Å². The molecular weight excluding hydrogens is 382 g/mol. The molecular formula is C23H27N3O4. The van der Waals surface area contributed by atoms with Crippen LogP contribution in [0.1, 0.15) is 53.1 Å². The molecule has 0 saturated heterocycles. The fraction of sp³-hybridized carbons (Fsp3) is 0.348. The monoisotopic (exact) mass is 409 g/mol. The first-order valence-electron chi connectivity index (χ1n) is 10.1. The molecule has 0 unspecified atom stereocenters. The number of carbonyl (C=O) groups excluding carboxylic acids is 3. The summed E-state index contributed by atoms with van der Waals surface area (Å²) in [7, 11) is 0. The molecule has 1 aromatic heterocycles. The molecule has 30 heavy (non-hydrogen) atoms. The van der Waals surface area contributed by atoms with E-state index in [9.17, 15) is 14.4 Å². The summed E-state index contributed by atoms with van der Waals surface area (Å²) in [5.41, 5.74) is 4.19. The summed E-state index contributed by atoms with van der Waals surface area (Å²) in [6.45, 7) is 6.04. The Labute approximate surface area is 176 Å². The highest BCUT2D eigenvalue weighted by Crippen LogP contribution is 2.38. The maximum Gasteiger partial charge on any atom is 0.331 e. The minimum absolute atomic E-state index is 0.216. The number of nitrogens with one attached hydrogen (secondary N) is 2. The van der Waals surface area contributed by atoms with Gasteiger partial charge in [-0.3, -0.25) is 9.59 Å². The van der Waals surface area contributed by atoms with Gasteiger partial charge in [0.1, 0.15) is 0 Å². The van der Waals surface area contributed by atoms with Crippen LogP contribution in [-0.2, 0) is 14.3 Å². The number of ether oxygens (including phenoxy) is 1. The molecule has 1 aromatic carbocycles. The first kappa shape index (κ1) is 21.4. The normalized spacial score (nSPS) is 13.3. The van der Waals surface area contributed by atoms with E-state index in [0.717, 1.165) is 11.3 Å². The third kappa shape index (κ3) is 5.37. The van der Waals surface area contributed by atoms with E-state index < -0.39 is 18.5 Å². The molecule has 0 spiro atoms. The Morgan fingerprint density at radius 2 is 1.97 bits per heavy atom. The van der Waals surface area contributed by atoms with E-state index in [1.807, 2.05) is 19.9 Å². The van der Waals surface area contributed by atoms with Crippen LogP contribution >= 0.6 is 0 Å². The van der Waals surface area contributed by atoms with Crippen molar-refractivity contribution in [3.8, 4) is 0 Å². The fourth-order valence-corrected chi connectivity index (χ4v) is 3.41. The van der Waals surface area contributed by atoms with Crippen LogP contribution in [0.5, 0.6) is 0 Å². The zero-order valence-electron chi connectivity index (χ0n) is 17.5. The van der Waals surface area contributed by atoms with Gasteiger partial charge in [0.25, 0.3) is 11.8 Å². The number of nitrogens with zero attached hydrogens (tertiary/aromatic N) is 1. The van der Waals surface area contributed by atoms with E-state index in [0.29, 0.717) is 23.8 Å². The number of carbonyl (C=O) groups is 3. The highest BCUT2D eigenvalue weighted by atomic mass is 16.5. The van der Waals surface area contributed by atoms with E-state index in [-0.39, 0.29) is 5.91 Å². The van der Waals surface area contributed by atoms with Crippen molar-refractivity contribution in [3.05, 3.63) is 58.9 Å². The van der Waals surface area contributed by atoms with Crippen molar-refractivity contribution in [3.63, 3.8) is 0 Å². The Balaban J connectivity index is 1.51. The molecule has 1 saturated carbocycles. The summed E-state index contributed by atoms with van der Waals surface area (Å²) in [6.07, 6.45) is 5.45. The molecule has 1 aliphatic carbocycles. The lowest BCUT2D eigenvalue weighted by atomic mass is 10.2. The van der Waals surface area contributed by atoms with Crippen molar-refractivity contribution in [2.24, 2.45) is 0 Å². The highest BCUT2D eigenvalue weighted by molar-refractivity contribution is 5.98. The Kier molecular flexibility index (Phi) is 6.72. The van der Waals surface area contributed by atoms with E-state index in [1.54, 1.807) is 30.3 Å². The van der Waals surface area contributed by atoms with Gasteiger partial charge in [-0.05, 0) is 69.5 Å². The summed E-state index contributed by atoms with van der Waals surface area (Å²) in [6, 6.07) is 9.19. The molecule has 158 valence electrons. The number of hydrogen-bond acceptors (Lipinski definition) is 4. The third-order valence-corrected chi connectivity index (χ3v) is 4.93. The number of benzene rings is 1. The Morgan fingerprint density at radius 3 is 2.67 bits per heavy atom. The van der Waals surface area contributed by atoms with E-state index >= 15 is 0 Å². The van der Waals surface area contributed by atoms with E-state index in [1.165, 1.54) is 24.6 Å². The maximum atomic E-state index is 12.1. The predicted molar refractivity (Wildman–Crippen MR) is 115 cm³/mol. The molecule has 7 nitrogen and oxygen atoms in total. The molecule has 1 aliphatic rings. The molecule has 2 amide bonds. The van der Waals surface area contributed by atoms with Crippen molar-refractivity contribution in [1.82, 2.24) is 9.88 Å². The van der Waals surface area contributed by atoms with Crippen LogP contribution in [-0.4, -0.2) is 35.5 Å².